The molecule has 0 saturated heterocycles. The van der Waals surface area contributed by atoms with Gasteiger partial charge in [-0.1, -0.05) is 36.3 Å². The van der Waals surface area contributed by atoms with Gasteiger partial charge in [0.15, 0.2) is 6.61 Å². The van der Waals surface area contributed by atoms with Crippen molar-refractivity contribution in [2.45, 2.75) is 6.92 Å². The molecule has 0 aliphatic carbocycles. The van der Waals surface area contributed by atoms with E-state index in [4.69, 9.17) is 11.2 Å². The molecule has 114 valence electrons. The zero-order valence-electron chi connectivity index (χ0n) is 12.1. The first-order chi connectivity index (χ1) is 10.5. The van der Waals surface area contributed by atoms with Gasteiger partial charge in [-0.15, -0.1) is 6.42 Å². The molecule has 0 fully saturated rings. The van der Waals surface area contributed by atoms with Gasteiger partial charge in [0, 0.05) is 6.92 Å². The van der Waals surface area contributed by atoms with E-state index in [0.717, 1.165) is 0 Å². The van der Waals surface area contributed by atoms with Gasteiger partial charge in [0.1, 0.15) is 5.70 Å². The molecule has 0 radical (unpaired) electrons. The number of hydrogen-bond acceptors (Lipinski definition) is 4. The molecule has 0 unspecified atom stereocenters. The first kappa shape index (κ1) is 17.0. The fraction of sp³-hybridized carbons (Fsp3) is 0.188. The van der Waals surface area contributed by atoms with Crippen LogP contribution < -0.4 is 10.6 Å². The van der Waals surface area contributed by atoms with Crippen LogP contribution in [0, 0.1) is 12.3 Å². The minimum Gasteiger partial charge on any atom is -0.451 e. The van der Waals surface area contributed by atoms with Crippen LogP contribution in [0.4, 0.5) is 0 Å². The maximum absolute atomic E-state index is 11.9. The topological polar surface area (TPSA) is 84.5 Å². The Bertz CT molecular complexity index is 615. The number of nitrogens with one attached hydrogen (secondary N) is 2. The lowest BCUT2D eigenvalue weighted by molar-refractivity contribution is -0.145. The lowest BCUT2D eigenvalue weighted by Crippen LogP contribution is -2.32. The van der Waals surface area contributed by atoms with E-state index >= 15 is 0 Å². The Hall–Kier alpha value is -3.07. The second-order valence-electron chi connectivity index (χ2n) is 4.21. The highest BCUT2D eigenvalue weighted by atomic mass is 16.5. The quantitative estimate of drug-likeness (QED) is 0.454. The van der Waals surface area contributed by atoms with E-state index in [1.165, 1.54) is 13.0 Å². The average molecular weight is 300 g/mol. The van der Waals surface area contributed by atoms with Gasteiger partial charge in [0.05, 0.1) is 6.54 Å². The fourth-order valence-corrected chi connectivity index (χ4v) is 1.46. The van der Waals surface area contributed by atoms with E-state index < -0.39 is 24.4 Å². The lowest BCUT2D eigenvalue weighted by Gasteiger charge is -2.09. The third-order valence-corrected chi connectivity index (χ3v) is 2.36. The second kappa shape index (κ2) is 8.97. The highest BCUT2D eigenvalue weighted by Gasteiger charge is 2.14. The predicted octanol–water partition coefficient (Wildman–Crippen LogP) is 0.456. The number of amides is 2. The van der Waals surface area contributed by atoms with Gasteiger partial charge in [-0.2, -0.15) is 0 Å². The van der Waals surface area contributed by atoms with Crippen molar-refractivity contribution < 1.29 is 19.1 Å². The zero-order valence-corrected chi connectivity index (χ0v) is 12.1. The van der Waals surface area contributed by atoms with Crippen LogP contribution >= 0.6 is 0 Å². The summed E-state index contributed by atoms with van der Waals surface area (Å²) < 4.78 is 4.83. The van der Waals surface area contributed by atoms with E-state index in [9.17, 15) is 14.4 Å². The van der Waals surface area contributed by atoms with E-state index in [1.54, 1.807) is 24.3 Å². The zero-order chi connectivity index (χ0) is 16.4. The number of rotatable bonds is 6. The molecule has 0 heterocycles. The van der Waals surface area contributed by atoms with Crippen molar-refractivity contribution in [3.63, 3.8) is 0 Å². The highest BCUT2D eigenvalue weighted by Crippen LogP contribution is 2.06. The van der Waals surface area contributed by atoms with Crippen LogP contribution in [-0.4, -0.2) is 30.9 Å². The Labute approximate surface area is 128 Å². The standard InChI is InChI=1S/C16H16N2O4/c1-3-9-17-15(20)11-22-16(21)14(18-12(2)19)10-13-7-5-4-6-8-13/h1,4-8,10H,9,11H2,2H3,(H,17,20)(H,18,19)/b14-10-. The molecule has 1 aromatic rings. The molecule has 2 N–H and O–H groups in total. The van der Waals surface area contributed by atoms with Gasteiger partial charge in [0.25, 0.3) is 5.91 Å². The Balaban J connectivity index is 2.74. The van der Waals surface area contributed by atoms with Gasteiger partial charge in [-0.25, -0.2) is 4.79 Å². The number of terminal acetylenes is 1. The van der Waals surface area contributed by atoms with Gasteiger partial charge >= 0.3 is 5.97 Å². The number of benzene rings is 1. The van der Waals surface area contributed by atoms with Crippen LogP contribution in [0.1, 0.15) is 12.5 Å². The molecule has 0 aromatic heterocycles. The number of ether oxygens (including phenoxy) is 1. The van der Waals surface area contributed by atoms with Crippen molar-refractivity contribution in [3.05, 3.63) is 41.6 Å². The Morgan fingerprint density at radius 3 is 2.55 bits per heavy atom. The first-order valence-corrected chi connectivity index (χ1v) is 6.44. The van der Waals surface area contributed by atoms with Crippen LogP contribution in [0.3, 0.4) is 0 Å². The Morgan fingerprint density at radius 1 is 1.27 bits per heavy atom. The second-order valence-corrected chi connectivity index (χ2v) is 4.21. The summed E-state index contributed by atoms with van der Waals surface area (Å²) in [5.74, 6) is 0.476. The number of carbonyl (C=O) groups excluding carboxylic acids is 3. The minimum absolute atomic E-state index is 0.0504. The molecule has 0 atom stereocenters. The average Bonchev–Trinajstić information content (AvgIpc) is 2.50. The third kappa shape index (κ3) is 6.39. The molecule has 0 bridgehead atoms. The van der Waals surface area contributed by atoms with Crippen LogP contribution in [0.5, 0.6) is 0 Å². The summed E-state index contributed by atoms with van der Waals surface area (Å²) in [6.07, 6.45) is 6.45. The summed E-state index contributed by atoms with van der Waals surface area (Å²) in [5, 5.41) is 4.74. The number of esters is 1. The molecular formula is C16H16N2O4. The molecule has 1 aromatic carbocycles. The molecule has 6 heteroatoms. The predicted molar refractivity (Wildman–Crippen MR) is 81.0 cm³/mol. The SMILES string of the molecule is C#CCNC(=O)COC(=O)/C(=C/c1ccccc1)NC(C)=O. The monoisotopic (exact) mass is 300 g/mol. The van der Waals surface area contributed by atoms with Crippen molar-refractivity contribution in [1.29, 1.82) is 0 Å². The summed E-state index contributed by atoms with van der Waals surface area (Å²) in [4.78, 5) is 34.4. The summed E-state index contributed by atoms with van der Waals surface area (Å²) in [6.45, 7) is 0.840. The molecule has 2 amide bonds. The number of hydrogen-bond donors (Lipinski definition) is 2. The van der Waals surface area contributed by atoms with Crippen molar-refractivity contribution in [1.82, 2.24) is 10.6 Å². The molecule has 22 heavy (non-hydrogen) atoms. The van der Waals surface area contributed by atoms with Crippen LogP contribution in [-0.2, 0) is 19.1 Å². The smallest absolute Gasteiger partial charge is 0.355 e. The Morgan fingerprint density at radius 2 is 1.95 bits per heavy atom. The van der Waals surface area contributed by atoms with Gasteiger partial charge in [0.2, 0.25) is 5.91 Å². The highest BCUT2D eigenvalue weighted by molar-refractivity contribution is 5.98. The molecular weight excluding hydrogens is 284 g/mol. The summed E-state index contributed by atoms with van der Waals surface area (Å²) in [5.41, 5.74) is 0.656. The molecule has 6 nitrogen and oxygen atoms in total. The van der Waals surface area contributed by atoms with Crippen molar-refractivity contribution in [3.8, 4) is 12.3 Å². The van der Waals surface area contributed by atoms with Gasteiger partial charge < -0.3 is 15.4 Å². The summed E-state index contributed by atoms with van der Waals surface area (Å²) in [6, 6.07) is 8.92. The molecule has 0 spiro atoms. The van der Waals surface area contributed by atoms with Crippen LogP contribution in [0.15, 0.2) is 36.0 Å². The number of carbonyl (C=O) groups is 3. The van der Waals surface area contributed by atoms with E-state index in [1.807, 2.05) is 6.07 Å². The van der Waals surface area contributed by atoms with E-state index in [2.05, 4.69) is 16.6 Å². The van der Waals surface area contributed by atoms with Gasteiger partial charge in [-0.3, -0.25) is 9.59 Å². The summed E-state index contributed by atoms with van der Waals surface area (Å²) >= 11 is 0. The summed E-state index contributed by atoms with van der Waals surface area (Å²) in [7, 11) is 0. The van der Waals surface area contributed by atoms with Gasteiger partial charge in [-0.05, 0) is 11.6 Å². The van der Waals surface area contributed by atoms with Crippen LogP contribution in [0.25, 0.3) is 6.08 Å². The molecule has 0 aliphatic heterocycles. The minimum atomic E-state index is -0.810. The van der Waals surface area contributed by atoms with Crippen LogP contribution in [0.2, 0.25) is 0 Å². The normalized spacial score (nSPS) is 10.3. The molecule has 0 aliphatic rings. The maximum atomic E-state index is 11.9. The molecule has 0 saturated carbocycles. The third-order valence-electron chi connectivity index (χ3n) is 2.36. The van der Waals surface area contributed by atoms with Crippen molar-refractivity contribution >= 4 is 23.9 Å². The lowest BCUT2D eigenvalue weighted by atomic mass is 10.2. The van der Waals surface area contributed by atoms with E-state index in [-0.39, 0.29) is 12.2 Å². The van der Waals surface area contributed by atoms with Crippen molar-refractivity contribution in [2.24, 2.45) is 0 Å². The molecule has 1 rings (SSSR count). The Kier molecular flexibility index (Phi) is 6.93. The van der Waals surface area contributed by atoms with E-state index in [0.29, 0.717) is 5.56 Å². The van der Waals surface area contributed by atoms with Crippen molar-refractivity contribution in [2.75, 3.05) is 13.2 Å². The fourth-order valence-electron chi connectivity index (χ4n) is 1.46. The first-order valence-electron chi connectivity index (χ1n) is 6.44. The largest absolute Gasteiger partial charge is 0.451 e. The maximum Gasteiger partial charge on any atom is 0.355 e.